The van der Waals surface area contributed by atoms with Gasteiger partial charge in [0.2, 0.25) is 0 Å². The minimum Gasteiger partial charge on any atom is -0.457 e. The van der Waals surface area contributed by atoms with E-state index in [4.69, 9.17) is 16.3 Å². The van der Waals surface area contributed by atoms with Crippen molar-refractivity contribution < 1.29 is 9.53 Å². The molecular weight excluding hydrogens is 326 g/mol. The molecule has 0 radical (unpaired) electrons. The molecule has 0 spiro atoms. The van der Waals surface area contributed by atoms with Gasteiger partial charge in [-0.25, -0.2) is 14.5 Å². The molecule has 122 valence electrons. The molecule has 6 heteroatoms. The second-order valence-corrected chi connectivity index (χ2v) is 5.84. The van der Waals surface area contributed by atoms with Gasteiger partial charge in [-0.05, 0) is 50.2 Å². The number of aromatic nitrogens is 3. The third kappa shape index (κ3) is 3.63. The van der Waals surface area contributed by atoms with Crippen LogP contribution in [0.4, 0.5) is 0 Å². The highest BCUT2D eigenvalue weighted by atomic mass is 35.5. The van der Waals surface area contributed by atoms with Crippen LogP contribution in [0.1, 0.15) is 27.3 Å². The van der Waals surface area contributed by atoms with Gasteiger partial charge in [0.05, 0.1) is 16.9 Å². The second kappa shape index (κ2) is 6.84. The molecule has 0 aliphatic rings. The van der Waals surface area contributed by atoms with Crippen LogP contribution in [0.2, 0.25) is 5.15 Å². The van der Waals surface area contributed by atoms with Crippen LogP contribution in [0.3, 0.4) is 0 Å². The van der Waals surface area contributed by atoms with E-state index in [9.17, 15) is 4.79 Å². The van der Waals surface area contributed by atoms with Crippen LogP contribution in [0, 0.1) is 13.8 Å². The van der Waals surface area contributed by atoms with Gasteiger partial charge < -0.3 is 4.74 Å². The van der Waals surface area contributed by atoms with Crippen molar-refractivity contribution in [1.82, 2.24) is 14.8 Å². The van der Waals surface area contributed by atoms with E-state index < -0.39 is 0 Å². The van der Waals surface area contributed by atoms with Crippen molar-refractivity contribution in [3.63, 3.8) is 0 Å². The number of pyridine rings is 1. The summed E-state index contributed by atoms with van der Waals surface area (Å²) in [4.78, 5) is 16.1. The molecule has 0 unspecified atom stereocenters. The molecule has 2 heterocycles. The number of esters is 1. The molecule has 3 aromatic rings. The molecule has 5 nitrogen and oxygen atoms in total. The summed E-state index contributed by atoms with van der Waals surface area (Å²) in [5.74, 6) is -0.384. The highest BCUT2D eigenvalue weighted by Gasteiger charge is 2.09. The van der Waals surface area contributed by atoms with E-state index in [2.05, 4.69) is 10.1 Å². The molecular formula is C18H16ClN3O2. The van der Waals surface area contributed by atoms with E-state index >= 15 is 0 Å². The van der Waals surface area contributed by atoms with Gasteiger partial charge in [0.15, 0.2) is 0 Å². The molecule has 1 aromatic carbocycles. The summed E-state index contributed by atoms with van der Waals surface area (Å²) in [6.07, 6.45) is 1.58. The van der Waals surface area contributed by atoms with E-state index in [1.54, 1.807) is 30.5 Å². The number of benzene rings is 1. The number of carbonyl (C=O) groups is 1. The fraction of sp³-hybridized carbons (Fsp3) is 0.167. The molecule has 0 N–H and O–H groups in total. The van der Waals surface area contributed by atoms with E-state index in [0.717, 1.165) is 22.6 Å². The summed E-state index contributed by atoms with van der Waals surface area (Å²) >= 11 is 5.72. The summed E-state index contributed by atoms with van der Waals surface area (Å²) in [6.45, 7) is 4.09. The molecule has 24 heavy (non-hydrogen) atoms. The van der Waals surface area contributed by atoms with E-state index in [1.807, 2.05) is 36.7 Å². The summed E-state index contributed by atoms with van der Waals surface area (Å²) < 4.78 is 7.12. The van der Waals surface area contributed by atoms with E-state index in [0.29, 0.717) is 10.7 Å². The maximum absolute atomic E-state index is 12.1. The van der Waals surface area contributed by atoms with Crippen LogP contribution >= 0.6 is 11.6 Å². The van der Waals surface area contributed by atoms with Gasteiger partial charge in [-0.15, -0.1) is 0 Å². The first-order valence-corrected chi connectivity index (χ1v) is 7.82. The van der Waals surface area contributed by atoms with Gasteiger partial charge in [0.25, 0.3) is 0 Å². The van der Waals surface area contributed by atoms with Crippen molar-refractivity contribution in [3.05, 3.63) is 76.3 Å². The number of hydrogen-bond donors (Lipinski definition) is 0. The summed E-state index contributed by atoms with van der Waals surface area (Å²) in [7, 11) is 0. The van der Waals surface area contributed by atoms with Crippen LogP contribution in [-0.2, 0) is 11.3 Å². The summed E-state index contributed by atoms with van der Waals surface area (Å²) in [5, 5.41) is 4.83. The van der Waals surface area contributed by atoms with Crippen LogP contribution in [0.15, 0.2) is 48.7 Å². The molecule has 2 aromatic heterocycles. The molecule has 0 amide bonds. The lowest BCUT2D eigenvalue weighted by Gasteiger charge is -2.07. The molecule has 0 fully saturated rings. The Bertz CT molecular complexity index is 855. The Balaban J connectivity index is 1.67. The lowest BCUT2D eigenvalue weighted by molar-refractivity contribution is 0.0472. The van der Waals surface area contributed by atoms with Crippen LogP contribution in [0.25, 0.3) is 5.69 Å². The zero-order chi connectivity index (χ0) is 17.1. The number of carbonyl (C=O) groups excluding carboxylic acids is 1. The van der Waals surface area contributed by atoms with Gasteiger partial charge in [-0.2, -0.15) is 5.10 Å². The Hall–Kier alpha value is -2.66. The highest BCUT2D eigenvalue weighted by Crippen LogP contribution is 2.14. The SMILES string of the molecule is Cc1cc(C)n(-c2ccc(C(=O)OCc3ccc(Cl)nc3)cc2)n1. The standard InChI is InChI=1S/C18H16ClN3O2/c1-12-9-13(2)22(21-12)16-6-4-15(5-7-16)18(23)24-11-14-3-8-17(19)20-10-14/h3-10H,11H2,1-2H3. The number of hydrogen-bond acceptors (Lipinski definition) is 4. The minimum absolute atomic E-state index is 0.155. The highest BCUT2D eigenvalue weighted by molar-refractivity contribution is 6.29. The Morgan fingerprint density at radius 2 is 1.92 bits per heavy atom. The van der Waals surface area contributed by atoms with Crippen molar-refractivity contribution in [2.24, 2.45) is 0 Å². The zero-order valence-electron chi connectivity index (χ0n) is 13.4. The molecule has 0 saturated carbocycles. The summed E-state index contributed by atoms with van der Waals surface area (Å²) in [6, 6.07) is 12.6. The topological polar surface area (TPSA) is 57.0 Å². The smallest absolute Gasteiger partial charge is 0.338 e. The van der Waals surface area contributed by atoms with Crippen molar-refractivity contribution in [2.45, 2.75) is 20.5 Å². The van der Waals surface area contributed by atoms with Crippen LogP contribution in [-0.4, -0.2) is 20.7 Å². The fourth-order valence-corrected chi connectivity index (χ4v) is 2.46. The predicted octanol–water partition coefficient (Wildman–Crippen LogP) is 3.89. The van der Waals surface area contributed by atoms with E-state index in [1.165, 1.54) is 0 Å². The monoisotopic (exact) mass is 341 g/mol. The van der Waals surface area contributed by atoms with Crippen LogP contribution in [0.5, 0.6) is 0 Å². The largest absolute Gasteiger partial charge is 0.457 e. The van der Waals surface area contributed by atoms with Gasteiger partial charge in [-0.3, -0.25) is 0 Å². The average molecular weight is 342 g/mol. The second-order valence-electron chi connectivity index (χ2n) is 5.45. The maximum Gasteiger partial charge on any atom is 0.338 e. The normalized spacial score (nSPS) is 10.6. The maximum atomic E-state index is 12.1. The molecule has 0 aliphatic heterocycles. The molecule has 0 atom stereocenters. The third-order valence-electron chi connectivity index (χ3n) is 3.52. The van der Waals surface area contributed by atoms with Gasteiger partial charge in [0, 0.05) is 17.5 Å². The lowest BCUT2D eigenvalue weighted by Crippen LogP contribution is -2.06. The Kier molecular flexibility index (Phi) is 4.62. The number of rotatable bonds is 4. The lowest BCUT2D eigenvalue weighted by atomic mass is 10.2. The van der Waals surface area contributed by atoms with Gasteiger partial charge in [-0.1, -0.05) is 17.7 Å². The molecule has 0 bridgehead atoms. The first-order chi connectivity index (χ1) is 11.5. The first kappa shape index (κ1) is 16.2. The summed E-state index contributed by atoms with van der Waals surface area (Å²) in [5.41, 5.74) is 4.17. The molecule has 0 aliphatic carbocycles. The average Bonchev–Trinajstić information content (AvgIpc) is 2.92. The van der Waals surface area contributed by atoms with Crippen LogP contribution < -0.4 is 0 Å². The number of halogens is 1. The van der Waals surface area contributed by atoms with E-state index in [-0.39, 0.29) is 12.6 Å². The fourth-order valence-electron chi connectivity index (χ4n) is 2.35. The zero-order valence-corrected chi connectivity index (χ0v) is 14.1. The Morgan fingerprint density at radius 1 is 1.17 bits per heavy atom. The first-order valence-electron chi connectivity index (χ1n) is 7.44. The Labute approximate surface area is 144 Å². The van der Waals surface area contributed by atoms with Gasteiger partial charge in [0.1, 0.15) is 11.8 Å². The number of ether oxygens (including phenoxy) is 1. The van der Waals surface area contributed by atoms with Gasteiger partial charge >= 0.3 is 5.97 Å². The molecule has 0 saturated heterocycles. The Morgan fingerprint density at radius 3 is 2.50 bits per heavy atom. The number of aryl methyl sites for hydroxylation is 2. The predicted molar refractivity (Wildman–Crippen MR) is 91.4 cm³/mol. The van der Waals surface area contributed by atoms with Crippen molar-refractivity contribution in [3.8, 4) is 5.69 Å². The van der Waals surface area contributed by atoms with Crippen molar-refractivity contribution in [1.29, 1.82) is 0 Å². The number of nitrogens with zero attached hydrogens (tertiary/aromatic N) is 3. The third-order valence-corrected chi connectivity index (χ3v) is 3.74. The quantitative estimate of drug-likeness (QED) is 0.533. The molecule has 3 rings (SSSR count). The minimum atomic E-state index is -0.384. The van der Waals surface area contributed by atoms with Crippen molar-refractivity contribution in [2.75, 3.05) is 0 Å². The van der Waals surface area contributed by atoms with Crippen molar-refractivity contribution >= 4 is 17.6 Å².